The summed E-state index contributed by atoms with van der Waals surface area (Å²) in [7, 11) is 1.91. The molecule has 4 aromatic rings. The van der Waals surface area contributed by atoms with Gasteiger partial charge in [0.1, 0.15) is 0 Å². The standard InChI is InChI=1S/C40H43NO5Se/c1-42-40(31-20-9-4-10-21-31)24-14-13-23-35(40)47-34-22-12-11-19-30(34)25-41-32-26-43-38(28-15-5-2-6-16-28)45-36(32)37-33(41)27-44-39(46-37)29-17-7-3-8-18-29/h2-12,15-22,32-33,35-39H,13-14,23-27H2,1H3/t32-,33-,35+,36+,37+,38+,39+,40-/m0/s1. The van der Waals surface area contributed by atoms with Crippen molar-refractivity contribution < 1.29 is 23.7 Å². The Morgan fingerprint density at radius 1 is 0.702 bits per heavy atom. The summed E-state index contributed by atoms with van der Waals surface area (Å²) in [5.74, 6) is 0. The van der Waals surface area contributed by atoms with E-state index in [-0.39, 0.29) is 44.8 Å². The third-order valence-corrected chi connectivity index (χ3v) is 13.7. The molecule has 1 saturated carbocycles. The van der Waals surface area contributed by atoms with E-state index < -0.39 is 12.6 Å². The Labute approximate surface area is 284 Å². The van der Waals surface area contributed by atoms with Gasteiger partial charge in [-0.15, -0.1) is 0 Å². The Kier molecular flexibility index (Phi) is 9.33. The van der Waals surface area contributed by atoms with Crippen molar-refractivity contribution in [1.29, 1.82) is 0 Å². The molecule has 244 valence electrons. The van der Waals surface area contributed by atoms with Crippen LogP contribution in [-0.2, 0) is 35.8 Å². The van der Waals surface area contributed by atoms with Crippen molar-refractivity contribution in [3.63, 3.8) is 0 Å². The van der Waals surface area contributed by atoms with Crippen LogP contribution in [0.3, 0.4) is 0 Å². The van der Waals surface area contributed by atoms with Gasteiger partial charge >= 0.3 is 285 Å². The molecule has 0 amide bonds. The van der Waals surface area contributed by atoms with Gasteiger partial charge < -0.3 is 0 Å². The van der Waals surface area contributed by atoms with E-state index in [4.69, 9.17) is 23.7 Å². The summed E-state index contributed by atoms with van der Waals surface area (Å²) < 4.78 is 34.4. The molecule has 0 spiro atoms. The first-order chi connectivity index (χ1) is 23.2. The molecule has 47 heavy (non-hydrogen) atoms. The molecule has 7 heteroatoms. The summed E-state index contributed by atoms with van der Waals surface area (Å²) in [6.07, 6.45) is 3.60. The van der Waals surface area contributed by atoms with Crippen LogP contribution in [-0.4, -0.2) is 64.5 Å². The predicted molar refractivity (Wildman–Crippen MR) is 182 cm³/mol. The van der Waals surface area contributed by atoms with E-state index in [1.165, 1.54) is 34.9 Å². The average Bonchev–Trinajstić information content (AvgIpc) is 3.45. The fourth-order valence-electron chi connectivity index (χ4n) is 8.09. The van der Waals surface area contributed by atoms with Crippen LogP contribution >= 0.6 is 0 Å². The Morgan fingerprint density at radius 2 is 1.26 bits per heavy atom. The number of likely N-dealkylation sites (tertiary alicyclic amines) is 1. The first-order valence-electron chi connectivity index (χ1n) is 17.0. The van der Waals surface area contributed by atoms with Crippen LogP contribution < -0.4 is 4.46 Å². The number of fused-ring (bicyclic) bond motifs is 3. The Balaban J connectivity index is 1.08. The third kappa shape index (κ3) is 6.14. The zero-order valence-corrected chi connectivity index (χ0v) is 28.6. The van der Waals surface area contributed by atoms with Crippen molar-refractivity contribution in [1.82, 2.24) is 4.90 Å². The fourth-order valence-corrected chi connectivity index (χ4v) is 11.4. The monoisotopic (exact) mass is 697 g/mol. The van der Waals surface area contributed by atoms with E-state index in [1.54, 1.807) is 0 Å². The molecule has 0 unspecified atom stereocenters. The van der Waals surface area contributed by atoms with E-state index in [9.17, 15) is 0 Å². The van der Waals surface area contributed by atoms with Gasteiger partial charge in [0, 0.05) is 0 Å². The SMILES string of the molecule is CO[C@]1(c2ccccc2)CCCC[C@H]1[Se]c1ccccc1CN1[C@H]2CO[C@@H](c3ccccc3)O[C@H]2[C@@H]2O[C@H](c3ccccc3)OC[C@@H]21. The Hall–Kier alpha value is -2.84. The molecule has 3 aliphatic heterocycles. The van der Waals surface area contributed by atoms with E-state index in [1.807, 2.05) is 43.5 Å². The van der Waals surface area contributed by atoms with Crippen molar-refractivity contribution in [2.75, 3.05) is 20.3 Å². The predicted octanol–water partition coefficient (Wildman–Crippen LogP) is 6.70. The summed E-state index contributed by atoms with van der Waals surface area (Å²) >= 11 is 0.220. The average molecular weight is 697 g/mol. The number of rotatable bonds is 8. The summed E-state index contributed by atoms with van der Waals surface area (Å²) in [6.45, 7) is 1.95. The summed E-state index contributed by atoms with van der Waals surface area (Å²) in [4.78, 5) is 3.01. The second kappa shape index (κ2) is 13.9. The summed E-state index contributed by atoms with van der Waals surface area (Å²) in [5.41, 5.74) is 4.50. The van der Waals surface area contributed by atoms with Crippen LogP contribution in [0.1, 0.15) is 60.5 Å². The topological polar surface area (TPSA) is 49.4 Å². The Bertz CT molecular complexity index is 1550. The van der Waals surface area contributed by atoms with Gasteiger partial charge in [-0.25, -0.2) is 0 Å². The molecule has 8 rings (SSSR count). The summed E-state index contributed by atoms with van der Waals surface area (Å²) in [5, 5.41) is 0. The number of benzene rings is 4. The van der Waals surface area contributed by atoms with Crippen LogP contribution in [0.4, 0.5) is 0 Å². The quantitative estimate of drug-likeness (QED) is 0.191. The summed E-state index contributed by atoms with van der Waals surface area (Å²) in [6, 6.07) is 40.6. The number of nitrogens with zero attached hydrogens (tertiary/aromatic N) is 1. The molecule has 1 aliphatic carbocycles. The number of methoxy groups -OCH3 is 1. The molecule has 0 aromatic heterocycles. The maximum atomic E-state index is 6.80. The van der Waals surface area contributed by atoms with Gasteiger partial charge in [0.05, 0.1) is 0 Å². The molecular formula is C40H43NO5Se. The van der Waals surface area contributed by atoms with Crippen molar-refractivity contribution in [3.8, 4) is 0 Å². The van der Waals surface area contributed by atoms with Gasteiger partial charge in [-0.3, -0.25) is 0 Å². The number of hydrogen-bond donors (Lipinski definition) is 0. The fraction of sp³-hybridized carbons (Fsp3) is 0.400. The molecule has 0 radical (unpaired) electrons. The minimum absolute atomic E-state index is 0.0562. The number of hydrogen-bond acceptors (Lipinski definition) is 6. The van der Waals surface area contributed by atoms with E-state index >= 15 is 0 Å². The molecule has 6 nitrogen and oxygen atoms in total. The second-order valence-corrected chi connectivity index (χ2v) is 15.7. The molecule has 3 saturated heterocycles. The molecule has 0 bridgehead atoms. The molecule has 4 fully saturated rings. The van der Waals surface area contributed by atoms with E-state index in [0.29, 0.717) is 18.0 Å². The molecule has 3 heterocycles. The first kappa shape index (κ1) is 31.4. The third-order valence-electron chi connectivity index (χ3n) is 10.5. The van der Waals surface area contributed by atoms with Crippen molar-refractivity contribution >= 4 is 19.4 Å². The van der Waals surface area contributed by atoms with Crippen LogP contribution in [0.2, 0.25) is 4.82 Å². The van der Waals surface area contributed by atoms with Crippen LogP contribution in [0.5, 0.6) is 0 Å². The maximum absolute atomic E-state index is 6.80. The zero-order chi connectivity index (χ0) is 31.6. The minimum atomic E-state index is -0.415. The first-order valence-corrected chi connectivity index (χ1v) is 18.8. The van der Waals surface area contributed by atoms with Gasteiger partial charge in [0.2, 0.25) is 0 Å². The molecular weight excluding hydrogens is 653 g/mol. The van der Waals surface area contributed by atoms with Gasteiger partial charge in [0.25, 0.3) is 0 Å². The molecule has 0 N–H and O–H groups in total. The normalized spacial score (nSPS) is 32.4. The van der Waals surface area contributed by atoms with Crippen molar-refractivity contribution in [2.45, 2.75) is 79.5 Å². The molecule has 8 atom stereocenters. The Morgan fingerprint density at radius 3 is 1.85 bits per heavy atom. The van der Waals surface area contributed by atoms with Crippen LogP contribution in [0, 0.1) is 0 Å². The van der Waals surface area contributed by atoms with Gasteiger partial charge in [-0.05, 0) is 0 Å². The van der Waals surface area contributed by atoms with E-state index in [2.05, 4.69) is 83.8 Å². The number of ether oxygens (including phenoxy) is 5. The van der Waals surface area contributed by atoms with Crippen LogP contribution in [0.15, 0.2) is 115 Å². The van der Waals surface area contributed by atoms with Crippen LogP contribution in [0.25, 0.3) is 0 Å². The zero-order valence-electron chi connectivity index (χ0n) is 26.9. The van der Waals surface area contributed by atoms with Gasteiger partial charge in [0.15, 0.2) is 0 Å². The van der Waals surface area contributed by atoms with Crippen molar-refractivity contribution in [2.24, 2.45) is 0 Å². The molecule has 4 aromatic carbocycles. The van der Waals surface area contributed by atoms with Gasteiger partial charge in [-0.2, -0.15) is 0 Å². The van der Waals surface area contributed by atoms with E-state index in [0.717, 1.165) is 24.1 Å². The molecule has 4 aliphatic rings. The van der Waals surface area contributed by atoms with Gasteiger partial charge in [-0.1, -0.05) is 0 Å². The second-order valence-electron chi connectivity index (χ2n) is 13.1. The van der Waals surface area contributed by atoms with Crippen molar-refractivity contribution in [3.05, 3.63) is 138 Å².